The zero-order chi connectivity index (χ0) is 13.1. The summed E-state index contributed by atoms with van der Waals surface area (Å²) in [5.74, 6) is 0.861. The predicted molar refractivity (Wildman–Crippen MR) is 77.3 cm³/mol. The van der Waals surface area contributed by atoms with Gasteiger partial charge in [0.15, 0.2) is 0 Å². The van der Waals surface area contributed by atoms with Crippen molar-refractivity contribution in [3.8, 4) is 5.75 Å². The number of anilines is 1. The Morgan fingerprint density at radius 2 is 1.89 bits per heavy atom. The standard InChI is InChI=1S/C14H20BrNO2/c1-9-4-12(5-10(2)18-9)16-13-6-11(15)7-14(8-13)17-3/h6-10,12,16H,4-5H2,1-3H3. The topological polar surface area (TPSA) is 30.5 Å². The minimum Gasteiger partial charge on any atom is -0.497 e. The van der Waals surface area contributed by atoms with E-state index >= 15 is 0 Å². The average Bonchev–Trinajstić information content (AvgIpc) is 2.26. The Morgan fingerprint density at radius 3 is 2.50 bits per heavy atom. The summed E-state index contributed by atoms with van der Waals surface area (Å²) in [5.41, 5.74) is 1.09. The van der Waals surface area contributed by atoms with E-state index in [9.17, 15) is 0 Å². The van der Waals surface area contributed by atoms with Gasteiger partial charge in [-0.05, 0) is 38.8 Å². The van der Waals surface area contributed by atoms with Gasteiger partial charge < -0.3 is 14.8 Å². The van der Waals surface area contributed by atoms with E-state index in [1.807, 2.05) is 12.1 Å². The lowest BCUT2D eigenvalue weighted by molar-refractivity contribution is -0.0337. The van der Waals surface area contributed by atoms with E-state index in [4.69, 9.17) is 9.47 Å². The molecule has 0 bridgehead atoms. The maximum absolute atomic E-state index is 5.75. The van der Waals surface area contributed by atoms with Crippen LogP contribution in [0.2, 0.25) is 0 Å². The Hall–Kier alpha value is -0.740. The zero-order valence-electron chi connectivity index (χ0n) is 11.1. The predicted octanol–water partition coefficient (Wildman–Crippen LogP) is 3.83. The number of hydrogen-bond donors (Lipinski definition) is 1. The molecule has 1 aliphatic heterocycles. The summed E-state index contributed by atoms with van der Waals surface area (Å²) in [6, 6.07) is 6.52. The molecule has 1 saturated heterocycles. The normalized spacial score (nSPS) is 27.9. The van der Waals surface area contributed by atoms with Gasteiger partial charge in [0.05, 0.1) is 19.3 Å². The zero-order valence-corrected chi connectivity index (χ0v) is 12.7. The molecule has 0 saturated carbocycles. The molecule has 100 valence electrons. The molecule has 4 heteroatoms. The van der Waals surface area contributed by atoms with E-state index in [0.29, 0.717) is 18.2 Å². The van der Waals surface area contributed by atoms with Crippen LogP contribution in [0.25, 0.3) is 0 Å². The summed E-state index contributed by atoms with van der Waals surface area (Å²) in [4.78, 5) is 0. The van der Waals surface area contributed by atoms with E-state index in [1.54, 1.807) is 7.11 Å². The first-order valence-corrected chi connectivity index (χ1v) is 7.12. The van der Waals surface area contributed by atoms with Crippen molar-refractivity contribution in [1.82, 2.24) is 0 Å². The fourth-order valence-electron chi connectivity index (χ4n) is 2.52. The molecule has 0 amide bonds. The molecule has 3 nitrogen and oxygen atoms in total. The molecule has 1 N–H and O–H groups in total. The Balaban J connectivity index is 2.06. The van der Waals surface area contributed by atoms with Crippen LogP contribution in [0.3, 0.4) is 0 Å². The van der Waals surface area contributed by atoms with E-state index in [-0.39, 0.29) is 0 Å². The van der Waals surface area contributed by atoms with E-state index in [0.717, 1.165) is 28.8 Å². The Labute approximate surface area is 117 Å². The molecule has 0 radical (unpaired) electrons. The van der Waals surface area contributed by atoms with E-state index in [2.05, 4.69) is 41.2 Å². The second-order valence-electron chi connectivity index (χ2n) is 4.95. The van der Waals surface area contributed by atoms with Gasteiger partial charge >= 0.3 is 0 Å². The maximum Gasteiger partial charge on any atom is 0.122 e. The van der Waals surface area contributed by atoms with Gasteiger partial charge in [-0.3, -0.25) is 0 Å². The van der Waals surface area contributed by atoms with Gasteiger partial charge in [0.1, 0.15) is 5.75 Å². The van der Waals surface area contributed by atoms with Crippen molar-refractivity contribution in [1.29, 1.82) is 0 Å². The number of nitrogens with one attached hydrogen (secondary N) is 1. The Bertz CT molecular complexity index is 401. The minimum atomic E-state index is 0.320. The van der Waals surface area contributed by atoms with Gasteiger partial charge in [-0.1, -0.05) is 15.9 Å². The van der Waals surface area contributed by atoms with Crippen LogP contribution in [0, 0.1) is 0 Å². The van der Waals surface area contributed by atoms with Crippen LogP contribution in [-0.4, -0.2) is 25.4 Å². The fourth-order valence-corrected chi connectivity index (χ4v) is 2.99. The first-order valence-electron chi connectivity index (χ1n) is 6.33. The fraction of sp³-hybridized carbons (Fsp3) is 0.571. The molecule has 1 aliphatic rings. The first-order chi connectivity index (χ1) is 8.56. The number of rotatable bonds is 3. The van der Waals surface area contributed by atoms with Gasteiger partial charge in [0.25, 0.3) is 0 Å². The van der Waals surface area contributed by atoms with Crippen molar-refractivity contribution in [2.24, 2.45) is 0 Å². The molecule has 18 heavy (non-hydrogen) atoms. The molecule has 2 rings (SSSR count). The highest BCUT2D eigenvalue weighted by atomic mass is 79.9. The first kappa shape index (κ1) is 13.7. The van der Waals surface area contributed by atoms with E-state index < -0.39 is 0 Å². The highest BCUT2D eigenvalue weighted by molar-refractivity contribution is 9.10. The maximum atomic E-state index is 5.75. The lowest BCUT2D eigenvalue weighted by Gasteiger charge is -2.33. The number of halogens is 1. The van der Waals surface area contributed by atoms with Gasteiger partial charge in [0, 0.05) is 22.3 Å². The van der Waals surface area contributed by atoms with Crippen LogP contribution >= 0.6 is 15.9 Å². The van der Waals surface area contributed by atoms with Crippen molar-refractivity contribution in [3.63, 3.8) is 0 Å². The van der Waals surface area contributed by atoms with Crippen LogP contribution in [0.15, 0.2) is 22.7 Å². The summed E-state index contributed by atoms with van der Waals surface area (Å²) < 4.78 is 12.0. The van der Waals surface area contributed by atoms with Crippen molar-refractivity contribution < 1.29 is 9.47 Å². The molecule has 0 aliphatic carbocycles. The van der Waals surface area contributed by atoms with Crippen LogP contribution in [0.1, 0.15) is 26.7 Å². The second-order valence-corrected chi connectivity index (χ2v) is 5.87. The van der Waals surface area contributed by atoms with Crippen molar-refractivity contribution in [2.75, 3.05) is 12.4 Å². The quantitative estimate of drug-likeness (QED) is 0.920. The number of hydrogen-bond acceptors (Lipinski definition) is 3. The number of benzene rings is 1. The summed E-state index contributed by atoms with van der Waals surface area (Å²) in [6.45, 7) is 4.26. The van der Waals surface area contributed by atoms with Crippen LogP contribution < -0.4 is 10.1 Å². The monoisotopic (exact) mass is 313 g/mol. The highest BCUT2D eigenvalue weighted by Crippen LogP contribution is 2.28. The summed E-state index contributed by atoms with van der Waals surface area (Å²) in [6.07, 6.45) is 2.72. The lowest BCUT2D eigenvalue weighted by atomic mass is 9.99. The highest BCUT2D eigenvalue weighted by Gasteiger charge is 2.24. The number of methoxy groups -OCH3 is 1. The Kier molecular flexibility index (Phi) is 4.51. The lowest BCUT2D eigenvalue weighted by Crippen LogP contribution is -2.36. The van der Waals surface area contributed by atoms with Crippen LogP contribution in [0.5, 0.6) is 5.75 Å². The average molecular weight is 314 g/mol. The van der Waals surface area contributed by atoms with Gasteiger partial charge in [-0.2, -0.15) is 0 Å². The molecule has 1 aromatic carbocycles. The third kappa shape index (κ3) is 3.62. The third-order valence-electron chi connectivity index (χ3n) is 3.18. The molecule has 2 unspecified atom stereocenters. The molecule has 0 aromatic heterocycles. The van der Waals surface area contributed by atoms with Crippen molar-refractivity contribution in [3.05, 3.63) is 22.7 Å². The molecule has 0 spiro atoms. The van der Waals surface area contributed by atoms with Crippen LogP contribution in [-0.2, 0) is 4.74 Å². The molecule has 1 aromatic rings. The Morgan fingerprint density at radius 1 is 1.22 bits per heavy atom. The van der Waals surface area contributed by atoms with Gasteiger partial charge in [-0.15, -0.1) is 0 Å². The molecule has 2 atom stereocenters. The van der Waals surface area contributed by atoms with E-state index in [1.165, 1.54) is 0 Å². The molecule has 1 heterocycles. The molecular weight excluding hydrogens is 294 g/mol. The number of ether oxygens (including phenoxy) is 2. The molecule has 1 fully saturated rings. The molecular formula is C14H20BrNO2. The van der Waals surface area contributed by atoms with Gasteiger partial charge in [-0.25, -0.2) is 0 Å². The second kappa shape index (κ2) is 5.93. The SMILES string of the molecule is COc1cc(Br)cc(NC2CC(C)OC(C)C2)c1. The summed E-state index contributed by atoms with van der Waals surface area (Å²) in [5, 5.41) is 3.57. The summed E-state index contributed by atoms with van der Waals surface area (Å²) in [7, 11) is 1.68. The van der Waals surface area contributed by atoms with Gasteiger partial charge in [0.2, 0.25) is 0 Å². The van der Waals surface area contributed by atoms with Crippen LogP contribution in [0.4, 0.5) is 5.69 Å². The summed E-state index contributed by atoms with van der Waals surface area (Å²) >= 11 is 3.50. The smallest absolute Gasteiger partial charge is 0.122 e. The van der Waals surface area contributed by atoms with Crippen molar-refractivity contribution >= 4 is 21.6 Å². The van der Waals surface area contributed by atoms with Crippen molar-refractivity contribution in [2.45, 2.75) is 44.9 Å². The minimum absolute atomic E-state index is 0.320. The third-order valence-corrected chi connectivity index (χ3v) is 3.63. The largest absolute Gasteiger partial charge is 0.497 e.